The molecule has 0 radical (unpaired) electrons. The van der Waals surface area contributed by atoms with E-state index in [1.807, 2.05) is 12.1 Å². The lowest BCUT2D eigenvalue weighted by Crippen LogP contribution is -2.39. The Kier molecular flexibility index (Phi) is 3.21. The number of hydrogen-bond donors (Lipinski definition) is 3. The van der Waals surface area contributed by atoms with Crippen molar-refractivity contribution in [3.05, 3.63) is 28.7 Å². The van der Waals surface area contributed by atoms with Crippen molar-refractivity contribution in [1.29, 1.82) is 0 Å². The van der Waals surface area contributed by atoms with Gasteiger partial charge in [-0.05, 0) is 24.3 Å². The lowest BCUT2D eigenvalue weighted by Gasteiger charge is -2.09. The van der Waals surface area contributed by atoms with Crippen LogP contribution in [0.1, 0.15) is 6.42 Å². The number of hydrazine groups is 1. The zero-order valence-electron chi connectivity index (χ0n) is 8.29. The second-order valence-electron chi connectivity index (χ2n) is 3.45. The highest BCUT2D eigenvalue weighted by Gasteiger charge is 2.27. The first-order valence-corrected chi connectivity index (χ1v) is 5.55. The minimum absolute atomic E-state index is 0.169. The van der Waals surface area contributed by atoms with Crippen molar-refractivity contribution in [1.82, 2.24) is 10.9 Å². The molecule has 0 unspecified atom stereocenters. The van der Waals surface area contributed by atoms with Crippen LogP contribution in [0.15, 0.2) is 28.7 Å². The maximum Gasteiger partial charge on any atom is 0.243 e. The quantitative estimate of drug-likeness (QED) is 0.751. The number of carbonyl (C=O) groups is 2. The number of nitrogens with one attached hydrogen (secondary N) is 3. The Hall–Kier alpha value is -1.40. The van der Waals surface area contributed by atoms with E-state index in [9.17, 15) is 9.59 Å². The SMILES string of the molecule is O=C1C[C@@H](C(=O)Nc2ccc(Br)cc2)NN1. The smallest absolute Gasteiger partial charge is 0.243 e. The molecular formula is C10H10BrN3O2. The highest BCUT2D eigenvalue weighted by molar-refractivity contribution is 9.10. The topological polar surface area (TPSA) is 70.2 Å². The molecule has 2 rings (SSSR count). The molecule has 1 atom stereocenters. The van der Waals surface area contributed by atoms with E-state index < -0.39 is 6.04 Å². The van der Waals surface area contributed by atoms with Crippen LogP contribution < -0.4 is 16.2 Å². The maximum atomic E-state index is 11.7. The van der Waals surface area contributed by atoms with E-state index in [1.54, 1.807) is 12.1 Å². The Balaban J connectivity index is 1.97. The van der Waals surface area contributed by atoms with E-state index in [1.165, 1.54) is 0 Å². The Bertz CT molecular complexity index is 419. The second-order valence-corrected chi connectivity index (χ2v) is 4.36. The molecule has 6 heteroatoms. The van der Waals surface area contributed by atoms with E-state index in [4.69, 9.17) is 0 Å². The monoisotopic (exact) mass is 283 g/mol. The summed E-state index contributed by atoms with van der Waals surface area (Å²) in [5, 5.41) is 2.72. The Morgan fingerprint density at radius 3 is 2.62 bits per heavy atom. The normalized spacial score (nSPS) is 19.3. The molecule has 0 saturated carbocycles. The first-order chi connectivity index (χ1) is 7.65. The average Bonchev–Trinajstić information content (AvgIpc) is 2.68. The molecule has 1 aliphatic heterocycles. The predicted octanol–water partition coefficient (Wildman–Crippen LogP) is 0.781. The molecule has 1 aromatic carbocycles. The number of amides is 2. The van der Waals surface area contributed by atoms with Gasteiger partial charge in [-0.15, -0.1) is 0 Å². The summed E-state index contributed by atoms with van der Waals surface area (Å²) >= 11 is 3.31. The molecule has 1 aromatic rings. The number of hydrogen-bond acceptors (Lipinski definition) is 3. The maximum absolute atomic E-state index is 11.7. The van der Waals surface area contributed by atoms with E-state index in [-0.39, 0.29) is 18.2 Å². The van der Waals surface area contributed by atoms with Gasteiger partial charge in [0.15, 0.2) is 0 Å². The fraction of sp³-hybridized carbons (Fsp3) is 0.200. The fourth-order valence-electron chi connectivity index (χ4n) is 1.38. The summed E-state index contributed by atoms with van der Waals surface area (Å²) in [4.78, 5) is 22.6. The third-order valence-electron chi connectivity index (χ3n) is 2.20. The van der Waals surface area contributed by atoms with Gasteiger partial charge in [-0.25, -0.2) is 5.43 Å². The van der Waals surface area contributed by atoms with Gasteiger partial charge in [0.1, 0.15) is 6.04 Å². The number of carbonyl (C=O) groups excluding carboxylic acids is 2. The number of rotatable bonds is 2. The van der Waals surface area contributed by atoms with Crippen molar-refractivity contribution >= 4 is 33.4 Å². The number of halogens is 1. The summed E-state index contributed by atoms with van der Waals surface area (Å²) in [6.07, 6.45) is 0.169. The molecule has 1 fully saturated rings. The molecule has 5 nitrogen and oxygen atoms in total. The summed E-state index contributed by atoms with van der Waals surface area (Å²) in [5.41, 5.74) is 5.71. The summed E-state index contributed by atoms with van der Waals surface area (Å²) in [5.74, 6) is -0.392. The van der Waals surface area contributed by atoms with Gasteiger partial charge in [0.05, 0.1) is 6.42 Å². The zero-order valence-corrected chi connectivity index (χ0v) is 9.87. The van der Waals surface area contributed by atoms with Crippen LogP contribution in [0, 0.1) is 0 Å². The van der Waals surface area contributed by atoms with Gasteiger partial charge in [0.2, 0.25) is 11.8 Å². The van der Waals surface area contributed by atoms with E-state index >= 15 is 0 Å². The molecule has 3 N–H and O–H groups in total. The van der Waals surface area contributed by atoms with Gasteiger partial charge in [-0.2, -0.15) is 0 Å². The molecule has 0 aromatic heterocycles. The van der Waals surface area contributed by atoms with Crippen LogP contribution >= 0.6 is 15.9 Å². The van der Waals surface area contributed by atoms with E-state index in [2.05, 4.69) is 32.1 Å². The predicted molar refractivity (Wildman–Crippen MR) is 62.5 cm³/mol. The average molecular weight is 284 g/mol. The number of anilines is 1. The third kappa shape index (κ3) is 2.59. The Morgan fingerprint density at radius 1 is 1.38 bits per heavy atom. The molecule has 84 valence electrons. The van der Waals surface area contributed by atoms with Crippen molar-refractivity contribution in [3.8, 4) is 0 Å². The lowest BCUT2D eigenvalue weighted by atomic mass is 10.2. The van der Waals surface area contributed by atoms with Gasteiger partial charge in [0, 0.05) is 10.2 Å². The van der Waals surface area contributed by atoms with Gasteiger partial charge in [0.25, 0.3) is 0 Å². The van der Waals surface area contributed by atoms with Crippen LogP contribution in [0.3, 0.4) is 0 Å². The fourth-order valence-corrected chi connectivity index (χ4v) is 1.64. The van der Waals surface area contributed by atoms with Gasteiger partial charge >= 0.3 is 0 Å². The Morgan fingerprint density at radius 2 is 2.06 bits per heavy atom. The number of benzene rings is 1. The molecule has 1 saturated heterocycles. The molecule has 1 heterocycles. The van der Waals surface area contributed by atoms with Crippen molar-refractivity contribution in [2.24, 2.45) is 0 Å². The third-order valence-corrected chi connectivity index (χ3v) is 2.73. The van der Waals surface area contributed by atoms with Crippen LogP contribution in [0.5, 0.6) is 0 Å². The summed E-state index contributed by atoms with van der Waals surface area (Å²) in [6.45, 7) is 0. The van der Waals surface area contributed by atoms with Crippen LogP contribution in [0.25, 0.3) is 0 Å². The lowest BCUT2D eigenvalue weighted by molar-refractivity contribution is -0.121. The zero-order chi connectivity index (χ0) is 11.5. The molecular weight excluding hydrogens is 274 g/mol. The highest BCUT2D eigenvalue weighted by Crippen LogP contribution is 2.14. The first-order valence-electron chi connectivity index (χ1n) is 4.76. The molecule has 1 aliphatic rings. The molecule has 0 spiro atoms. The second kappa shape index (κ2) is 4.63. The van der Waals surface area contributed by atoms with E-state index in [0.717, 1.165) is 4.47 Å². The van der Waals surface area contributed by atoms with E-state index in [0.29, 0.717) is 5.69 Å². The van der Waals surface area contributed by atoms with Crippen molar-refractivity contribution in [3.63, 3.8) is 0 Å². The molecule has 2 amide bonds. The standard InChI is InChI=1S/C10H10BrN3O2/c11-6-1-3-7(4-2-6)12-10(16)8-5-9(15)14-13-8/h1-4,8,13H,5H2,(H,12,16)(H,14,15)/t8-/m0/s1. The summed E-state index contributed by atoms with van der Waals surface area (Å²) < 4.78 is 0.946. The Labute approximate surface area is 101 Å². The van der Waals surface area contributed by atoms with Gasteiger partial charge < -0.3 is 5.32 Å². The van der Waals surface area contributed by atoms with Crippen molar-refractivity contribution in [2.75, 3.05) is 5.32 Å². The van der Waals surface area contributed by atoms with Crippen LogP contribution in [-0.2, 0) is 9.59 Å². The summed E-state index contributed by atoms with van der Waals surface area (Å²) in [6, 6.07) is 6.73. The summed E-state index contributed by atoms with van der Waals surface area (Å²) in [7, 11) is 0. The molecule has 16 heavy (non-hydrogen) atoms. The van der Waals surface area contributed by atoms with Gasteiger partial charge in [-0.1, -0.05) is 15.9 Å². The molecule has 0 bridgehead atoms. The van der Waals surface area contributed by atoms with Crippen molar-refractivity contribution in [2.45, 2.75) is 12.5 Å². The van der Waals surface area contributed by atoms with Crippen LogP contribution in [-0.4, -0.2) is 17.9 Å². The minimum atomic E-state index is -0.504. The van der Waals surface area contributed by atoms with Crippen LogP contribution in [0.2, 0.25) is 0 Å². The first kappa shape index (κ1) is 11.1. The van der Waals surface area contributed by atoms with Crippen molar-refractivity contribution < 1.29 is 9.59 Å². The minimum Gasteiger partial charge on any atom is -0.325 e. The van der Waals surface area contributed by atoms with Crippen LogP contribution in [0.4, 0.5) is 5.69 Å². The van der Waals surface area contributed by atoms with Gasteiger partial charge in [-0.3, -0.25) is 15.0 Å². The highest BCUT2D eigenvalue weighted by atomic mass is 79.9. The largest absolute Gasteiger partial charge is 0.325 e. The molecule has 0 aliphatic carbocycles.